The molecule has 0 fully saturated rings. The Morgan fingerprint density at radius 1 is 1.44 bits per heavy atom. The Hall–Kier alpha value is -1.84. The van der Waals surface area contributed by atoms with Crippen molar-refractivity contribution in [2.75, 3.05) is 0 Å². The number of benzene rings is 1. The van der Waals surface area contributed by atoms with Gasteiger partial charge in [0.1, 0.15) is 0 Å². The largest absolute Gasteiger partial charge is 0.348 e. The Kier molecular flexibility index (Phi) is 3.97. The fourth-order valence-corrected chi connectivity index (χ4v) is 2.01. The molecule has 0 spiro atoms. The highest BCUT2D eigenvalue weighted by molar-refractivity contribution is 6.04. The average Bonchev–Trinajstić information content (AvgIpc) is 2.80. The van der Waals surface area contributed by atoms with Crippen molar-refractivity contribution in [2.24, 2.45) is 0 Å². The van der Waals surface area contributed by atoms with E-state index >= 15 is 0 Å². The third-order valence-corrected chi connectivity index (χ3v) is 3.05. The lowest BCUT2D eigenvalue weighted by molar-refractivity contribution is 0.0934. The maximum Gasteiger partial charge on any atom is 0.272 e. The van der Waals surface area contributed by atoms with E-state index in [0.29, 0.717) is 5.69 Å². The number of para-hydroxylation sites is 1. The van der Waals surface area contributed by atoms with Crippen LogP contribution in [0.4, 0.5) is 0 Å². The number of carbonyl (C=O) groups is 1. The molecule has 1 heterocycles. The first-order valence-electron chi connectivity index (χ1n) is 6.46. The number of nitrogens with zero attached hydrogens (tertiary/aromatic N) is 1. The number of aromatic nitrogens is 2. The molecule has 4 heteroatoms. The van der Waals surface area contributed by atoms with Gasteiger partial charge in [0.2, 0.25) is 0 Å². The summed E-state index contributed by atoms with van der Waals surface area (Å²) in [5.74, 6) is -0.101. The van der Waals surface area contributed by atoms with Gasteiger partial charge in [-0.1, -0.05) is 38.0 Å². The molecule has 0 aliphatic heterocycles. The van der Waals surface area contributed by atoms with Gasteiger partial charge >= 0.3 is 0 Å². The molecule has 4 nitrogen and oxygen atoms in total. The van der Waals surface area contributed by atoms with Crippen molar-refractivity contribution in [3.63, 3.8) is 0 Å². The van der Waals surface area contributed by atoms with Gasteiger partial charge in [0.25, 0.3) is 5.91 Å². The molecule has 1 atom stereocenters. The van der Waals surface area contributed by atoms with Crippen LogP contribution in [0.25, 0.3) is 10.9 Å². The minimum atomic E-state index is -0.101. The Morgan fingerprint density at radius 3 is 3.00 bits per heavy atom. The van der Waals surface area contributed by atoms with Crippen LogP contribution < -0.4 is 5.32 Å². The van der Waals surface area contributed by atoms with Crippen molar-refractivity contribution in [2.45, 2.75) is 39.2 Å². The van der Waals surface area contributed by atoms with E-state index in [-0.39, 0.29) is 11.9 Å². The molecule has 0 bridgehead atoms. The molecule has 2 aromatic rings. The lowest BCUT2D eigenvalue weighted by Crippen LogP contribution is -2.32. The summed E-state index contributed by atoms with van der Waals surface area (Å²) >= 11 is 0. The summed E-state index contributed by atoms with van der Waals surface area (Å²) < 4.78 is 0. The summed E-state index contributed by atoms with van der Waals surface area (Å²) in [6.45, 7) is 4.18. The summed E-state index contributed by atoms with van der Waals surface area (Å²) in [5.41, 5.74) is 1.37. The van der Waals surface area contributed by atoms with Crippen molar-refractivity contribution >= 4 is 16.8 Å². The third-order valence-electron chi connectivity index (χ3n) is 3.05. The second-order valence-electron chi connectivity index (χ2n) is 4.63. The second kappa shape index (κ2) is 5.67. The molecular weight excluding hydrogens is 226 g/mol. The maximum absolute atomic E-state index is 12.1. The smallest absolute Gasteiger partial charge is 0.272 e. The molecule has 18 heavy (non-hydrogen) atoms. The van der Waals surface area contributed by atoms with E-state index in [9.17, 15) is 4.79 Å². The van der Waals surface area contributed by atoms with Gasteiger partial charge in [-0.3, -0.25) is 9.89 Å². The van der Waals surface area contributed by atoms with Gasteiger partial charge in [-0.25, -0.2) is 0 Å². The van der Waals surface area contributed by atoms with Crippen molar-refractivity contribution in [1.29, 1.82) is 0 Å². The van der Waals surface area contributed by atoms with E-state index in [4.69, 9.17) is 0 Å². The highest BCUT2D eigenvalue weighted by Crippen LogP contribution is 2.15. The van der Waals surface area contributed by atoms with Gasteiger partial charge in [-0.15, -0.1) is 0 Å². The van der Waals surface area contributed by atoms with E-state index in [1.165, 1.54) is 0 Å². The fraction of sp³-hybridized carbons (Fsp3) is 0.429. The summed E-state index contributed by atoms with van der Waals surface area (Å²) in [7, 11) is 0. The first kappa shape index (κ1) is 12.6. The Bertz CT molecular complexity index is 533. The molecule has 0 aliphatic carbocycles. The van der Waals surface area contributed by atoms with E-state index in [1.807, 2.05) is 31.2 Å². The van der Waals surface area contributed by atoms with Crippen LogP contribution in [0.2, 0.25) is 0 Å². The highest BCUT2D eigenvalue weighted by Gasteiger charge is 2.15. The van der Waals surface area contributed by atoms with Crippen LogP contribution in [0.1, 0.15) is 43.6 Å². The number of amides is 1. The third kappa shape index (κ3) is 2.70. The average molecular weight is 245 g/mol. The molecule has 2 N–H and O–H groups in total. The fourth-order valence-electron chi connectivity index (χ4n) is 2.01. The number of hydrogen-bond donors (Lipinski definition) is 2. The van der Waals surface area contributed by atoms with Gasteiger partial charge in [0, 0.05) is 11.4 Å². The first-order valence-corrected chi connectivity index (χ1v) is 6.46. The molecule has 0 radical (unpaired) electrons. The number of H-pyrrole nitrogens is 1. The van der Waals surface area contributed by atoms with Crippen molar-refractivity contribution < 1.29 is 4.79 Å². The molecule has 0 aliphatic rings. The van der Waals surface area contributed by atoms with E-state index in [2.05, 4.69) is 22.4 Å². The zero-order chi connectivity index (χ0) is 13.0. The number of rotatable bonds is 5. The van der Waals surface area contributed by atoms with Crippen LogP contribution in [0.5, 0.6) is 0 Å². The van der Waals surface area contributed by atoms with Gasteiger partial charge in [-0.2, -0.15) is 5.10 Å². The number of unbranched alkanes of at least 4 members (excludes halogenated alkanes) is 1. The van der Waals surface area contributed by atoms with Crippen molar-refractivity contribution in [1.82, 2.24) is 15.5 Å². The quantitative estimate of drug-likeness (QED) is 0.851. The highest BCUT2D eigenvalue weighted by atomic mass is 16.2. The van der Waals surface area contributed by atoms with Crippen molar-refractivity contribution in [3.05, 3.63) is 30.0 Å². The van der Waals surface area contributed by atoms with E-state index in [0.717, 1.165) is 30.2 Å². The summed E-state index contributed by atoms with van der Waals surface area (Å²) in [6.07, 6.45) is 3.28. The van der Waals surface area contributed by atoms with Gasteiger partial charge in [0.05, 0.1) is 5.52 Å². The summed E-state index contributed by atoms with van der Waals surface area (Å²) in [5, 5.41) is 10.8. The Morgan fingerprint density at radius 2 is 2.22 bits per heavy atom. The number of carbonyl (C=O) groups excluding carboxylic acids is 1. The van der Waals surface area contributed by atoms with Gasteiger partial charge < -0.3 is 5.32 Å². The molecule has 1 amide bonds. The van der Waals surface area contributed by atoms with Crippen LogP contribution in [-0.2, 0) is 0 Å². The predicted octanol–water partition coefficient (Wildman–Crippen LogP) is 2.87. The summed E-state index contributed by atoms with van der Waals surface area (Å²) in [6, 6.07) is 7.85. The van der Waals surface area contributed by atoms with Crippen molar-refractivity contribution in [3.8, 4) is 0 Å². The number of nitrogens with one attached hydrogen (secondary N) is 2. The maximum atomic E-state index is 12.1. The summed E-state index contributed by atoms with van der Waals surface area (Å²) in [4.78, 5) is 12.1. The van der Waals surface area contributed by atoms with Crippen LogP contribution >= 0.6 is 0 Å². The lowest BCUT2D eigenvalue weighted by atomic mass is 10.1. The number of fused-ring (bicyclic) bond motifs is 1. The molecular formula is C14H19N3O. The predicted molar refractivity (Wildman–Crippen MR) is 72.5 cm³/mol. The first-order chi connectivity index (χ1) is 8.72. The van der Waals surface area contributed by atoms with Crippen LogP contribution in [0.3, 0.4) is 0 Å². The molecule has 0 saturated heterocycles. The molecule has 1 unspecified atom stereocenters. The SMILES string of the molecule is CCCCC(C)NC(=O)c1n[nH]c2ccccc12. The zero-order valence-corrected chi connectivity index (χ0v) is 10.9. The molecule has 0 saturated carbocycles. The Balaban J connectivity index is 2.09. The van der Waals surface area contributed by atoms with E-state index < -0.39 is 0 Å². The van der Waals surface area contributed by atoms with Gasteiger partial charge in [0.15, 0.2) is 5.69 Å². The zero-order valence-electron chi connectivity index (χ0n) is 10.9. The lowest BCUT2D eigenvalue weighted by Gasteiger charge is -2.12. The minimum Gasteiger partial charge on any atom is -0.348 e. The standard InChI is InChI=1S/C14H19N3O/c1-3-4-7-10(2)15-14(18)13-11-8-5-6-9-12(11)16-17-13/h5-6,8-10H,3-4,7H2,1-2H3,(H,15,18)(H,16,17). The number of hydrogen-bond acceptors (Lipinski definition) is 2. The molecule has 1 aromatic carbocycles. The number of aromatic amines is 1. The minimum absolute atomic E-state index is 0.101. The second-order valence-corrected chi connectivity index (χ2v) is 4.63. The normalized spacial score (nSPS) is 12.6. The van der Waals surface area contributed by atoms with Crippen LogP contribution in [0, 0.1) is 0 Å². The van der Waals surface area contributed by atoms with Crippen LogP contribution in [-0.4, -0.2) is 22.1 Å². The van der Waals surface area contributed by atoms with Gasteiger partial charge in [-0.05, 0) is 19.4 Å². The molecule has 96 valence electrons. The molecule has 1 aromatic heterocycles. The van der Waals surface area contributed by atoms with Crippen LogP contribution in [0.15, 0.2) is 24.3 Å². The molecule has 2 rings (SSSR count). The monoisotopic (exact) mass is 245 g/mol. The Labute approximate surface area is 107 Å². The topological polar surface area (TPSA) is 57.8 Å². The van der Waals surface area contributed by atoms with E-state index in [1.54, 1.807) is 0 Å².